The molecule has 0 atom stereocenters. The van der Waals surface area contributed by atoms with Gasteiger partial charge in [0.15, 0.2) is 0 Å². The number of rotatable bonds is 4. The smallest absolute Gasteiger partial charge is 0.355 e. The fraction of sp³-hybridized carbons (Fsp3) is 0.312. The molecule has 2 rings (SSSR count). The molecule has 0 saturated carbocycles. The maximum absolute atomic E-state index is 13.0. The number of H-pyrrole nitrogens is 1. The Balaban J connectivity index is 2.49. The summed E-state index contributed by atoms with van der Waals surface area (Å²) in [5, 5.41) is 0. The first-order valence-corrected chi connectivity index (χ1v) is 6.69. The van der Waals surface area contributed by atoms with E-state index >= 15 is 0 Å². The molecule has 0 fully saturated rings. The molecule has 0 spiro atoms. The zero-order chi connectivity index (χ0) is 14.7. The molecule has 0 aliphatic carbocycles. The number of esters is 1. The lowest BCUT2D eigenvalue weighted by atomic mass is 9.94. The first kappa shape index (κ1) is 14.3. The second kappa shape index (κ2) is 5.90. The number of ether oxygens (including phenoxy) is 1. The van der Waals surface area contributed by atoms with E-state index in [-0.39, 0.29) is 17.7 Å². The molecule has 0 saturated heterocycles. The van der Waals surface area contributed by atoms with Crippen molar-refractivity contribution in [3.8, 4) is 11.1 Å². The highest BCUT2D eigenvalue weighted by Gasteiger charge is 2.21. The summed E-state index contributed by atoms with van der Waals surface area (Å²) >= 11 is 0. The van der Waals surface area contributed by atoms with E-state index < -0.39 is 0 Å². The second-order valence-corrected chi connectivity index (χ2v) is 4.87. The van der Waals surface area contributed by atoms with E-state index in [0.717, 1.165) is 16.7 Å². The zero-order valence-corrected chi connectivity index (χ0v) is 11.9. The lowest BCUT2D eigenvalue weighted by molar-refractivity contribution is 0.0518. The Morgan fingerprint density at radius 3 is 2.50 bits per heavy atom. The summed E-state index contributed by atoms with van der Waals surface area (Å²) in [6.45, 7) is 6.13. The van der Waals surface area contributed by atoms with Gasteiger partial charge >= 0.3 is 5.97 Å². The molecular weight excluding hydrogens is 257 g/mol. The molecule has 106 valence electrons. The van der Waals surface area contributed by atoms with Crippen LogP contribution in [-0.2, 0) is 4.74 Å². The monoisotopic (exact) mass is 275 g/mol. The van der Waals surface area contributed by atoms with Crippen LogP contribution in [0.5, 0.6) is 0 Å². The van der Waals surface area contributed by atoms with Gasteiger partial charge in [0.1, 0.15) is 11.5 Å². The van der Waals surface area contributed by atoms with Crippen molar-refractivity contribution >= 4 is 5.97 Å². The molecule has 0 aliphatic heterocycles. The highest BCUT2D eigenvalue weighted by Crippen LogP contribution is 2.32. The second-order valence-electron chi connectivity index (χ2n) is 4.87. The third kappa shape index (κ3) is 2.74. The van der Waals surface area contributed by atoms with Gasteiger partial charge < -0.3 is 9.72 Å². The van der Waals surface area contributed by atoms with Crippen LogP contribution in [0.1, 0.15) is 42.7 Å². The number of hydrogen-bond acceptors (Lipinski definition) is 2. The molecule has 0 amide bonds. The van der Waals surface area contributed by atoms with Crippen LogP contribution in [0.2, 0.25) is 0 Å². The maximum Gasteiger partial charge on any atom is 0.355 e. The summed E-state index contributed by atoms with van der Waals surface area (Å²) in [6.07, 6.45) is 1.77. The Hall–Kier alpha value is -2.10. The molecule has 2 aromatic rings. The zero-order valence-electron chi connectivity index (χ0n) is 11.9. The predicted octanol–water partition coefficient (Wildman–Crippen LogP) is 4.12. The van der Waals surface area contributed by atoms with Gasteiger partial charge in [-0.15, -0.1) is 0 Å². The molecule has 1 aromatic carbocycles. The van der Waals surface area contributed by atoms with Gasteiger partial charge in [-0.05, 0) is 36.1 Å². The van der Waals surface area contributed by atoms with Crippen molar-refractivity contribution in [1.82, 2.24) is 4.98 Å². The Morgan fingerprint density at radius 1 is 1.30 bits per heavy atom. The minimum Gasteiger partial charge on any atom is -0.461 e. The molecular formula is C16H18FNO2. The average molecular weight is 275 g/mol. The molecule has 4 heteroatoms. The topological polar surface area (TPSA) is 42.1 Å². The number of carbonyl (C=O) groups excluding carboxylic acids is 1. The Bertz CT molecular complexity index is 599. The van der Waals surface area contributed by atoms with Gasteiger partial charge in [-0.25, -0.2) is 9.18 Å². The van der Waals surface area contributed by atoms with Crippen LogP contribution in [0.3, 0.4) is 0 Å². The number of aromatic nitrogens is 1. The Morgan fingerprint density at radius 2 is 1.95 bits per heavy atom. The van der Waals surface area contributed by atoms with Crippen molar-refractivity contribution in [2.24, 2.45) is 0 Å². The molecule has 0 radical (unpaired) electrons. The van der Waals surface area contributed by atoms with Crippen LogP contribution in [0.15, 0.2) is 30.5 Å². The first-order valence-electron chi connectivity index (χ1n) is 6.69. The maximum atomic E-state index is 13.0. The summed E-state index contributed by atoms with van der Waals surface area (Å²) in [6, 6.07) is 6.24. The van der Waals surface area contributed by atoms with Crippen LogP contribution >= 0.6 is 0 Å². The summed E-state index contributed by atoms with van der Waals surface area (Å²) < 4.78 is 18.1. The van der Waals surface area contributed by atoms with Crippen molar-refractivity contribution < 1.29 is 13.9 Å². The van der Waals surface area contributed by atoms with Crippen molar-refractivity contribution in [2.45, 2.75) is 26.7 Å². The van der Waals surface area contributed by atoms with Crippen LogP contribution in [0.4, 0.5) is 4.39 Å². The summed E-state index contributed by atoms with van der Waals surface area (Å²) in [7, 11) is 0. The number of hydrogen-bond donors (Lipinski definition) is 1. The number of nitrogens with one attached hydrogen (secondary N) is 1. The lowest BCUT2D eigenvalue weighted by Gasteiger charge is -2.10. The molecule has 0 unspecified atom stereocenters. The number of aromatic amines is 1. The third-order valence-corrected chi connectivity index (χ3v) is 3.13. The van der Waals surface area contributed by atoms with Crippen LogP contribution < -0.4 is 0 Å². The number of benzene rings is 1. The standard InChI is InChI=1S/C16H18FNO2/c1-4-20-16(19)15-14(10(2)3)13(9-18-15)11-5-7-12(17)8-6-11/h5-10,18H,4H2,1-3H3. The van der Waals surface area contributed by atoms with Crippen LogP contribution in [-0.4, -0.2) is 17.6 Å². The summed E-state index contributed by atoms with van der Waals surface area (Å²) in [5.74, 6) is -0.480. The molecule has 0 bridgehead atoms. The largest absolute Gasteiger partial charge is 0.461 e. The fourth-order valence-electron chi connectivity index (χ4n) is 2.27. The molecule has 1 aromatic heterocycles. The Kier molecular flexibility index (Phi) is 4.23. The van der Waals surface area contributed by atoms with Crippen LogP contribution in [0.25, 0.3) is 11.1 Å². The molecule has 1 N–H and O–H groups in total. The summed E-state index contributed by atoms with van der Waals surface area (Å²) in [5.41, 5.74) is 3.15. The van der Waals surface area contributed by atoms with Gasteiger partial charge in [-0.1, -0.05) is 26.0 Å². The lowest BCUT2D eigenvalue weighted by Crippen LogP contribution is -2.08. The van der Waals surface area contributed by atoms with Gasteiger partial charge in [0.25, 0.3) is 0 Å². The third-order valence-electron chi connectivity index (χ3n) is 3.13. The van der Waals surface area contributed by atoms with E-state index in [1.807, 2.05) is 13.8 Å². The fourth-order valence-corrected chi connectivity index (χ4v) is 2.27. The van der Waals surface area contributed by atoms with Crippen LogP contribution in [0, 0.1) is 5.82 Å². The highest BCUT2D eigenvalue weighted by molar-refractivity contribution is 5.92. The average Bonchev–Trinajstić information content (AvgIpc) is 2.84. The Labute approximate surface area is 117 Å². The van der Waals surface area contributed by atoms with E-state index in [1.54, 1.807) is 25.3 Å². The van der Waals surface area contributed by atoms with Crippen molar-refractivity contribution in [2.75, 3.05) is 6.61 Å². The quantitative estimate of drug-likeness (QED) is 0.853. The van der Waals surface area contributed by atoms with Gasteiger partial charge in [-0.3, -0.25) is 0 Å². The van der Waals surface area contributed by atoms with E-state index in [4.69, 9.17) is 4.74 Å². The van der Waals surface area contributed by atoms with E-state index in [9.17, 15) is 9.18 Å². The van der Waals surface area contributed by atoms with Crippen molar-refractivity contribution in [3.05, 3.63) is 47.5 Å². The van der Waals surface area contributed by atoms with E-state index in [0.29, 0.717) is 12.3 Å². The van der Waals surface area contributed by atoms with Crippen molar-refractivity contribution in [1.29, 1.82) is 0 Å². The SMILES string of the molecule is CCOC(=O)c1[nH]cc(-c2ccc(F)cc2)c1C(C)C. The molecule has 3 nitrogen and oxygen atoms in total. The minimum atomic E-state index is -0.357. The summed E-state index contributed by atoms with van der Waals surface area (Å²) in [4.78, 5) is 14.9. The van der Waals surface area contributed by atoms with E-state index in [2.05, 4.69) is 4.98 Å². The highest BCUT2D eigenvalue weighted by atomic mass is 19.1. The van der Waals surface area contributed by atoms with Gasteiger partial charge in [0.2, 0.25) is 0 Å². The van der Waals surface area contributed by atoms with Gasteiger partial charge in [0, 0.05) is 11.8 Å². The van der Waals surface area contributed by atoms with E-state index in [1.165, 1.54) is 12.1 Å². The number of halogens is 1. The first-order chi connectivity index (χ1) is 9.54. The van der Waals surface area contributed by atoms with Gasteiger partial charge in [-0.2, -0.15) is 0 Å². The van der Waals surface area contributed by atoms with Crippen molar-refractivity contribution in [3.63, 3.8) is 0 Å². The molecule has 0 aliphatic rings. The minimum absolute atomic E-state index is 0.153. The number of carbonyl (C=O) groups is 1. The predicted molar refractivity (Wildman–Crippen MR) is 76.2 cm³/mol. The molecule has 1 heterocycles. The molecule has 20 heavy (non-hydrogen) atoms. The normalized spacial score (nSPS) is 10.8. The van der Waals surface area contributed by atoms with Gasteiger partial charge in [0.05, 0.1) is 6.61 Å².